The second-order valence-electron chi connectivity index (χ2n) is 6.35. The van der Waals surface area contributed by atoms with Crippen LogP contribution < -0.4 is 11.2 Å². The summed E-state index contributed by atoms with van der Waals surface area (Å²) >= 11 is 0. The molecule has 0 saturated carbocycles. The lowest BCUT2D eigenvalue weighted by Gasteiger charge is -2.36. The Kier molecular flexibility index (Phi) is 4.83. The van der Waals surface area contributed by atoms with Gasteiger partial charge in [-0.05, 0) is 43.9 Å². The van der Waals surface area contributed by atoms with Crippen LogP contribution in [0.3, 0.4) is 0 Å². The van der Waals surface area contributed by atoms with Gasteiger partial charge in [0.2, 0.25) is 5.91 Å². The molecule has 1 aliphatic rings. The third kappa shape index (κ3) is 3.70. The van der Waals surface area contributed by atoms with Gasteiger partial charge in [-0.1, -0.05) is 12.1 Å². The Morgan fingerprint density at radius 2 is 2.12 bits per heavy atom. The van der Waals surface area contributed by atoms with Crippen LogP contribution in [0, 0.1) is 12.7 Å². The van der Waals surface area contributed by atoms with E-state index < -0.39 is 11.2 Å². The highest BCUT2D eigenvalue weighted by molar-refractivity contribution is 5.76. The van der Waals surface area contributed by atoms with Crippen LogP contribution in [0.15, 0.2) is 40.1 Å². The van der Waals surface area contributed by atoms with Crippen LogP contribution in [-0.2, 0) is 11.3 Å². The van der Waals surface area contributed by atoms with E-state index in [0.717, 1.165) is 24.8 Å². The van der Waals surface area contributed by atoms with Gasteiger partial charge in [0.25, 0.3) is 5.56 Å². The molecule has 7 heteroatoms. The summed E-state index contributed by atoms with van der Waals surface area (Å²) in [4.78, 5) is 40.0. The summed E-state index contributed by atoms with van der Waals surface area (Å²) in [6.45, 7) is 2.00. The minimum Gasteiger partial charge on any atom is -0.334 e. The molecule has 1 fully saturated rings. The van der Waals surface area contributed by atoms with Crippen molar-refractivity contribution in [1.29, 1.82) is 0 Å². The van der Waals surface area contributed by atoms with Crippen LogP contribution in [0.2, 0.25) is 0 Å². The van der Waals surface area contributed by atoms with Crippen LogP contribution in [0.1, 0.15) is 36.4 Å². The number of hydrogen-bond acceptors (Lipinski definition) is 3. The van der Waals surface area contributed by atoms with E-state index in [0.29, 0.717) is 12.1 Å². The molecule has 6 nitrogen and oxygen atoms in total. The monoisotopic (exact) mass is 345 g/mol. The van der Waals surface area contributed by atoms with E-state index in [9.17, 15) is 18.8 Å². The van der Waals surface area contributed by atoms with E-state index in [4.69, 9.17) is 0 Å². The molecule has 1 N–H and O–H groups in total. The van der Waals surface area contributed by atoms with Crippen LogP contribution in [-0.4, -0.2) is 26.9 Å². The molecule has 1 amide bonds. The topological polar surface area (TPSA) is 75.2 Å². The number of aryl methyl sites for hydroxylation is 1. The average molecular weight is 345 g/mol. The molecular weight excluding hydrogens is 325 g/mol. The summed E-state index contributed by atoms with van der Waals surface area (Å²) in [5.41, 5.74) is 0.0679. The third-order valence-corrected chi connectivity index (χ3v) is 4.55. The third-order valence-electron chi connectivity index (χ3n) is 4.55. The van der Waals surface area contributed by atoms with Crippen molar-refractivity contribution in [3.63, 3.8) is 0 Å². The Morgan fingerprint density at radius 3 is 2.88 bits per heavy atom. The van der Waals surface area contributed by atoms with Gasteiger partial charge >= 0.3 is 5.69 Å². The van der Waals surface area contributed by atoms with Crippen LogP contribution in [0.25, 0.3) is 0 Å². The number of rotatable bonds is 3. The van der Waals surface area contributed by atoms with Gasteiger partial charge in [-0.3, -0.25) is 19.1 Å². The first-order chi connectivity index (χ1) is 12.0. The fourth-order valence-corrected chi connectivity index (χ4v) is 3.26. The molecule has 1 aliphatic heterocycles. The highest BCUT2D eigenvalue weighted by atomic mass is 19.1. The number of piperidine rings is 1. The van der Waals surface area contributed by atoms with Gasteiger partial charge in [0.15, 0.2) is 0 Å². The number of amides is 1. The minimum absolute atomic E-state index is 0.151. The van der Waals surface area contributed by atoms with Crippen LogP contribution >= 0.6 is 0 Å². The molecule has 1 aromatic heterocycles. The van der Waals surface area contributed by atoms with Crippen molar-refractivity contribution in [1.82, 2.24) is 14.5 Å². The number of carbonyl (C=O) groups is 1. The normalized spacial score (nSPS) is 17.5. The lowest BCUT2D eigenvalue weighted by Crippen LogP contribution is -2.42. The minimum atomic E-state index is -0.608. The molecule has 0 unspecified atom stereocenters. The summed E-state index contributed by atoms with van der Waals surface area (Å²) in [7, 11) is 0. The van der Waals surface area contributed by atoms with Gasteiger partial charge in [-0.15, -0.1) is 0 Å². The van der Waals surface area contributed by atoms with Gasteiger partial charge in [0.05, 0.1) is 6.04 Å². The van der Waals surface area contributed by atoms with Gasteiger partial charge < -0.3 is 4.90 Å². The largest absolute Gasteiger partial charge is 0.334 e. The zero-order valence-electron chi connectivity index (χ0n) is 14.0. The van der Waals surface area contributed by atoms with Gasteiger partial charge in [0.1, 0.15) is 12.4 Å². The Balaban J connectivity index is 1.85. The Bertz CT molecular complexity index is 903. The summed E-state index contributed by atoms with van der Waals surface area (Å²) in [5, 5.41) is 0. The first kappa shape index (κ1) is 17.1. The Labute approximate surface area is 143 Å². The van der Waals surface area contributed by atoms with Crippen LogP contribution in [0.5, 0.6) is 0 Å². The number of halogens is 1. The number of benzene rings is 1. The number of nitrogens with zero attached hydrogens (tertiary/aromatic N) is 2. The van der Waals surface area contributed by atoms with Crippen molar-refractivity contribution in [3.05, 3.63) is 68.2 Å². The molecule has 0 spiro atoms. The zero-order chi connectivity index (χ0) is 18.0. The predicted octanol–water partition coefficient (Wildman–Crippen LogP) is 1.74. The average Bonchev–Trinajstić information content (AvgIpc) is 2.59. The first-order valence-corrected chi connectivity index (χ1v) is 8.31. The Morgan fingerprint density at radius 1 is 1.32 bits per heavy atom. The molecule has 25 heavy (non-hydrogen) atoms. The van der Waals surface area contributed by atoms with Gasteiger partial charge in [-0.25, -0.2) is 9.18 Å². The number of H-pyrrole nitrogens is 1. The highest BCUT2D eigenvalue weighted by Gasteiger charge is 2.28. The first-order valence-electron chi connectivity index (χ1n) is 8.31. The molecular formula is C18H20FN3O3. The molecule has 132 valence electrons. The van der Waals surface area contributed by atoms with E-state index in [-0.39, 0.29) is 24.3 Å². The van der Waals surface area contributed by atoms with Crippen molar-refractivity contribution in [2.75, 3.05) is 6.54 Å². The predicted molar refractivity (Wildman–Crippen MR) is 90.8 cm³/mol. The maximum atomic E-state index is 13.5. The SMILES string of the molecule is Cc1cn(CC(=O)N2CCCC[C@@H]2c2cccc(F)c2)c(=O)[nH]c1=O. The van der Waals surface area contributed by atoms with Gasteiger partial charge in [0, 0.05) is 18.3 Å². The number of likely N-dealkylation sites (tertiary alicyclic amines) is 1. The number of aromatic nitrogens is 2. The molecule has 0 aliphatic carbocycles. The summed E-state index contributed by atoms with van der Waals surface area (Å²) in [5.74, 6) is -0.550. The fraction of sp³-hybridized carbons (Fsp3) is 0.389. The molecule has 1 aromatic carbocycles. The van der Waals surface area contributed by atoms with E-state index in [1.165, 1.54) is 22.9 Å². The number of hydrogen-bond donors (Lipinski definition) is 1. The zero-order valence-corrected chi connectivity index (χ0v) is 14.0. The lowest BCUT2D eigenvalue weighted by molar-refractivity contribution is -0.135. The smallest absolute Gasteiger partial charge is 0.328 e. The summed E-state index contributed by atoms with van der Waals surface area (Å²) < 4.78 is 14.8. The van der Waals surface area contributed by atoms with Crippen molar-refractivity contribution < 1.29 is 9.18 Å². The molecule has 3 rings (SSSR count). The van der Waals surface area contributed by atoms with Gasteiger partial charge in [-0.2, -0.15) is 0 Å². The second-order valence-corrected chi connectivity index (χ2v) is 6.35. The molecule has 1 atom stereocenters. The quantitative estimate of drug-likeness (QED) is 0.921. The maximum Gasteiger partial charge on any atom is 0.328 e. The summed E-state index contributed by atoms with van der Waals surface area (Å²) in [6, 6.07) is 6.08. The van der Waals surface area contributed by atoms with E-state index >= 15 is 0 Å². The Hall–Kier alpha value is -2.70. The molecule has 0 radical (unpaired) electrons. The van der Waals surface area contributed by atoms with Crippen molar-refractivity contribution in [2.24, 2.45) is 0 Å². The van der Waals surface area contributed by atoms with Crippen LogP contribution in [0.4, 0.5) is 4.39 Å². The fourth-order valence-electron chi connectivity index (χ4n) is 3.26. The molecule has 2 aromatic rings. The maximum absolute atomic E-state index is 13.5. The molecule has 2 heterocycles. The molecule has 0 bridgehead atoms. The standard InChI is InChI=1S/C18H20FN3O3/c1-12-10-21(18(25)20-17(12)24)11-16(23)22-8-3-2-7-15(22)13-5-4-6-14(19)9-13/h4-6,9-10,15H,2-3,7-8,11H2,1H3,(H,20,24,25)/t15-/m1/s1. The van der Waals surface area contributed by atoms with E-state index in [1.807, 2.05) is 6.07 Å². The number of nitrogens with one attached hydrogen (secondary N) is 1. The van der Waals surface area contributed by atoms with Crippen molar-refractivity contribution in [2.45, 2.75) is 38.8 Å². The van der Waals surface area contributed by atoms with E-state index in [1.54, 1.807) is 17.9 Å². The number of aromatic amines is 1. The highest BCUT2D eigenvalue weighted by Crippen LogP contribution is 2.31. The summed E-state index contributed by atoms with van der Waals surface area (Å²) in [6.07, 6.45) is 3.98. The second kappa shape index (κ2) is 7.04. The number of carbonyl (C=O) groups excluding carboxylic acids is 1. The van der Waals surface area contributed by atoms with Crippen molar-refractivity contribution >= 4 is 5.91 Å². The lowest BCUT2D eigenvalue weighted by atomic mass is 9.95. The van der Waals surface area contributed by atoms with Crippen molar-refractivity contribution in [3.8, 4) is 0 Å². The van der Waals surface area contributed by atoms with E-state index in [2.05, 4.69) is 4.98 Å². The molecule has 1 saturated heterocycles.